The molecule has 2 heterocycles. The Balaban J connectivity index is 1.48. The van der Waals surface area contributed by atoms with Crippen LogP contribution >= 0.6 is 0 Å². The van der Waals surface area contributed by atoms with Gasteiger partial charge in [0, 0.05) is 45.0 Å². The number of rotatable bonds is 5. The number of likely N-dealkylation sites (N-methyl/N-ethyl adjacent to an activating group) is 1. The molecule has 128 valence electrons. The molecule has 2 saturated heterocycles. The standard InChI is InChI=1S/C20H33N3/c1-18-17-20(23-11-4-3-5-12-23)9-8-19(18)7-6-10-22-15-13-21(2)14-16-22/h8-9,17H,3-7,10-16H2,1-2H3. The van der Waals surface area contributed by atoms with Gasteiger partial charge in [-0.05, 0) is 75.9 Å². The summed E-state index contributed by atoms with van der Waals surface area (Å²) in [7, 11) is 2.23. The maximum Gasteiger partial charge on any atom is 0.0369 e. The summed E-state index contributed by atoms with van der Waals surface area (Å²) in [5.74, 6) is 0. The summed E-state index contributed by atoms with van der Waals surface area (Å²) >= 11 is 0. The second-order valence-corrected chi connectivity index (χ2v) is 7.41. The number of anilines is 1. The van der Waals surface area contributed by atoms with Gasteiger partial charge in [-0.2, -0.15) is 0 Å². The molecule has 0 N–H and O–H groups in total. The Kier molecular flexibility index (Phi) is 5.96. The number of piperazine rings is 1. The Hall–Kier alpha value is -1.06. The van der Waals surface area contributed by atoms with Crippen LogP contribution in [0.25, 0.3) is 0 Å². The van der Waals surface area contributed by atoms with Crippen LogP contribution in [0.3, 0.4) is 0 Å². The molecule has 1 aromatic rings. The van der Waals surface area contributed by atoms with Crippen molar-refractivity contribution < 1.29 is 0 Å². The minimum atomic E-state index is 1.22. The zero-order valence-electron chi connectivity index (χ0n) is 15.1. The molecule has 3 nitrogen and oxygen atoms in total. The minimum absolute atomic E-state index is 1.22. The number of piperidine rings is 1. The number of hydrogen-bond acceptors (Lipinski definition) is 3. The molecule has 0 amide bonds. The van der Waals surface area contributed by atoms with E-state index in [4.69, 9.17) is 0 Å². The van der Waals surface area contributed by atoms with Gasteiger partial charge in [-0.15, -0.1) is 0 Å². The monoisotopic (exact) mass is 315 g/mol. The third-order valence-corrected chi connectivity index (χ3v) is 5.56. The molecule has 2 aliphatic heterocycles. The molecule has 2 fully saturated rings. The van der Waals surface area contributed by atoms with Gasteiger partial charge in [-0.3, -0.25) is 0 Å². The van der Waals surface area contributed by atoms with Crippen molar-refractivity contribution in [2.24, 2.45) is 0 Å². The molecule has 2 aliphatic rings. The van der Waals surface area contributed by atoms with Gasteiger partial charge in [0.15, 0.2) is 0 Å². The SMILES string of the molecule is Cc1cc(N2CCCCC2)ccc1CCCN1CCN(C)CC1. The fraction of sp³-hybridized carbons (Fsp3) is 0.700. The van der Waals surface area contributed by atoms with Crippen molar-refractivity contribution in [3.8, 4) is 0 Å². The lowest BCUT2D eigenvalue weighted by Gasteiger charge is -2.32. The number of hydrogen-bond donors (Lipinski definition) is 0. The predicted octanol–water partition coefficient (Wildman–Crippen LogP) is 3.17. The van der Waals surface area contributed by atoms with Crippen LogP contribution in [0.4, 0.5) is 5.69 Å². The van der Waals surface area contributed by atoms with E-state index >= 15 is 0 Å². The first kappa shape index (κ1) is 16.8. The predicted molar refractivity (Wildman–Crippen MR) is 99.5 cm³/mol. The van der Waals surface area contributed by atoms with Crippen LogP contribution in [0, 0.1) is 6.92 Å². The minimum Gasteiger partial charge on any atom is -0.372 e. The fourth-order valence-electron chi connectivity index (χ4n) is 3.87. The van der Waals surface area contributed by atoms with Crippen molar-refractivity contribution in [2.45, 2.75) is 39.0 Å². The van der Waals surface area contributed by atoms with Crippen LogP contribution in [-0.2, 0) is 6.42 Å². The Morgan fingerprint density at radius 1 is 0.913 bits per heavy atom. The number of aryl methyl sites for hydroxylation is 2. The van der Waals surface area contributed by atoms with Crippen molar-refractivity contribution in [2.75, 3.05) is 57.8 Å². The topological polar surface area (TPSA) is 9.72 Å². The normalized spacial score (nSPS) is 20.9. The zero-order chi connectivity index (χ0) is 16.1. The van der Waals surface area contributed by atoms with Crippen molar-refractivity contribution in [3.05, 3.63) is 29.3 Å². The van der Waals surface area contributed by atoms with E-state index in [9.17, 15) is 0 Å². The van der Waals surface area contributed by atoms with Crippen molar-refractivity contribution in [1.82, 2.24) is 9.80 Å². The zero-order valence-corrected chi connectivity index (χ0v) is 15.1. The first-order valence-corrected chi connectivity index (χ1v) is 9.48. The highest BCUT2D eigenvalue weighted by Crippen LogP contribution is 2.23. The lowest BCUT2D eigenvalue weighted by Crippen LogP contribution is -2.44. The summed E-state index contributed by atoms with van der Waals surface area (Å²) in [4.78, 5) is 7.61. The first-order chi connectivity index (χ1) is 11.2. The maximum atomic E-state index is 2.62. The largest absolute Gasteiger partial charge is 0.372 e. The third-order valence-electron chi connectivity index (χ3n) is 5.56. The van der Waals surface area contributed by atoms with Crippen LogP contribution in [0.2, 0.25) is 0 Å². The van der Waals surface area contributed by atoms with Crippen LogP contribution < -0.4 is 4.90 Å². The van der Waals surface area contributed by atoms with E-state index in [1.807, 2.05) is 0 Å². The molecule has 0 atom stereocenters. The van der Waals surface area contributed by atoms with Crippen molar-refractivity contribution in [1.29, 1.82) is 0 Å². The smallest absolute Gasteiger partial charge is 0.0369 e. The quantitative estimate of drug-likeness (QED) is 0.826. The fourth-order valence-corrected chi connectivity index (χ4v) is 3.87. The van der Waals surface area contributed by atoms with Crippen LogP contribution in [0.5, 0.6) is 0 Å². The van der Waals surface area contributed by atoms with E-state index in [-0.39, 0.29) is 0 Å². The van der Waals surface area contributed by atoms with Gasteiger partial charge in [-0.25, -0.2) is 0 Å². The molecular formula is C20H33N3. The highest BCUT2D eigenvalue weighted by Gasteiger charge is 2.14. The second kappa shape index (κ2) is 8.16. The Labute approximate surface area is 142 Å². The molecule has 3 rings (SSSR count). The number of benzene rings is 1. The first-order valence-electron chi connectivity index (χ1n) is 9.48. The molecule has 0 aliphatic carbocycles. The van der Waals surface area contributed by atoms with Crippen LogP contribution in [-0.4, -0.2) is 62.7 Å². The molecule has 0 spiro atoms. The van der Waals surface area contributed by atoms with Crippen molar-refractivity contribution >= 4 is 5.69 Å². The Bertz CT molecular complexity index is 486. The highest BCUT2D eigenvalue weighted by molar-refractivity contribution is 5.51. The van der Waals surface area contributed by atoms with Gasteiger partial charge in [0.1, 0.15) is 0 Å². The van der Waals surface area contributed by atoms with Gasteiger partial charge in [0.25, 0.3) is 0 Å². The van der Waals surface area contributed by atoms with E-state index in [0.717, 1.165) is 0 Å². The highest BCUT2D eigenvalue weighted by atomic mass is 15.2. The molecule has 0 saturated carbocycles. The van der Waals surface area contributed by atoms with E-state index in [2.05, 4.69) is 46.9 Å². The summed E-state index contributed by atoms with van der Waals surface area (Å²) < 4.78 is 0. The van der Waals surface area contributed by atoms with Crippen molar-refractivity contribution in [3.63, 3.8) is 0 Å². The van der Waals surface area contributed by atoms with E-state index in [0.29, 0.717) is 0 Å². The average molecular weight is 316 g/mol. The van der Waals surface area contributed by atoms with Crippen LogP contribution in [0.15, 0.2) is 18.2 Å². The van der Waals surface area contributed by atoms with Gasteiger partial charge in [0.05, 0.1) is 0 Å². The summed E-state index contributed by atoms with van der Waals surface area (Å²) in [6.45, 7) is 10.9. The summed E-state index contributed by atoms with van der Waals surface area (Å²) in [5.41, 5.74) is 4.45. The average Bonchev–Trinajstić information content (AvgIpc) is 2.59. The summed E-state index contributed by atoms with van der Waals surface area (Å²) in [6, 6.07) is 7.14. The molecular weight excluding hydrogens is 282 g/mol. The lowest BCUT2D eigenvalue weighted by molar-refractivity contribution is 0.153. The Morgan fingerprint density at radius 3 is 2.35 bits per heavy atom. The lowest BCUT2D eigenvalue weighted by atomic mass is 10.0. The van der Waals surface area contributed by atoms with Gasteiger partial charge < -0.3 is 14.7 Å². The Morgan fingerprint density at radius 2 is 1.65 bits per heavy atom. The molecule has 3 heteroatoms. The molecule has 0 unspecified atom stereocenters. The molecule has 1 aromatic carbocycles. The third kappa shape index (κ3) is 4.71. The van der Waals surface area contributed by atoms with Gasteiger partial charge >= 0.3 is 0 Å². The summed E-state index contributed by atoms with van der Waals surface area (Å²) in [6.07, 6.45) is 6.61. The second-order valence-electron chi connectivity index (χ2n) is 7.41. The molecule has 0 radical (unpaired) electrons. The van der Waals surface area contributed by atoms with E-state index in [1.165, 1.54) is 89.2 Å². The maximum absolute atomic E-state index is 2.62. The van der Waals surface area contributed by atoms with Crippen LogP contribution in [0.1, 0.15) is 36.8 Å². The molecule has 0 aromatic heterocycles. The number of nitrogens with zero attached hydrogens (tertiary/aromatic N) is 3. The molecule has 0 bridgehead atoms. The van der Waals surface area contributed by atoms with E-state index in [1.54, 1.807) is 5.56 Å². The van der Waals surface area contributed by atoms with Gasteiger partial charge in [-0.1, -0.05) is 6.07 Å². The summed E-state index contributed by atoms with van der Waals surface area (Å²) in [5, 5.41) is 0. The molecule has 23 heavy (non-hydrogen) atoms. The van der Waals surface area contributed by atoms with Gasteiger partial charge in [0.2, 0.25) is 0 Å². The van der Waals surface area contributed by atoms with E-state index < -0.39 is 0 Å².